The molecule has 0 bridgehead atoms. The summed E-state index contributed by atoms with van der Waals surface area (Å²) in [5.41, 5.74) is 6.61. The van der Waals surface area contributed by atoms with E-state index in [4.69, 9.17) is 10.6 Å². The average molecular weight is 221 g/mol. The maximum atomic E-state index is 12.3. The molecule has 1 unspecified atom stereocenters. The predicted molar refractivity (Wildman–Crippen MR) is 42.6 cm³/mol. The first-order chi connectivity index (χ1) is 7.00. The van der Waals surface area contributed by atoms with Gasteiger partial charge in [0, 0.05) is 10.5 Å². The summed E-state index contributed by atoms with van der Waals surface area (Å²) in [6, 6.07) is -1.29. The van der Waals surface area contributed by atoms with E-state index in [0.717, 1.165) is 6.20 Å². The summed E-state index contributed by atoms with van der Waals surface area (Å²) in [4.78, 5) is 2.34. The van der Waals surface area contributed by atoms with E-state index in [1.807, 2.05) is 0 Å². The Labute approximate surface area is 81.3 Å². The summed E-state index contributed by atoms with van der Waals surface area (Å²) < 4.78 is 37.0. The molecule has 0 amide bonds. The minimum Gasteiger partial charge on any atom is -0.396 e. The van der Waals surface area contributed by atoms with E-state index in [-0.39, 0.29) is 5.56 Å². The molecule has 0 aliphatic carbocycles. The molecule has 0 saturated heterocycles. The Balaban J connectivity index is 3.14. The fraction of sp³-hybridized carbons (Fsp3) is 0.500. The van der Waals surface area contributed by atoms with Crippen molar-refractivity contribution in [3.05, 3.63) is 27.9 Å². The number of hydrogen-bond acceptors (Lipinski definition) is 3. The van der Waals surface area contributed by atoms with Gasteiger partial charge in [-0.3, -0.25) is 5.10 Å². The normalized spacial score (nSPS) is 13.3. The Hall–Kier alpha value is -1.73. The molecule has 6 nitrogen and oxygen atoms in total. The van der Waals surface area contributed by atoms with Crippen LogP contribution in [0.15, 0.2) is 11.3 Å². The monoisotopic (exact) mass is 221 g/mol. The summed E-state index contributed by atoms with van der Waals surface area (Å²) >= 11 is 0. The highest BCUT2D eigenvalue weighted by Crippen LogP contribution is 2.33. The first-order valence-corrected chi connectivity index (χ1v) is 3.76. The van der Waals surface area contributed by atoms with Crippen LogP contribution in [0.25, 0.3) is 10.4 Å². The van der Waals surface area contributed by atoms with Crippen LogP contribution in [-0.2, 0) is 6.18 Å². The molecule has 0 saturated carbocycles. The Bertz CT molecular complexity index is 380. The number of aromatic nitrogens is 2. The molecular formula is C6H6F3N5O. The smallest absolute Gasteiger partial charge is 0.396 e. The molecule has 1 rings (SSSR count). The van der Waals surface area contributed by atoms with E-state index in [2.05, 4.69) is 15.1 Å². The van der Waals surface area contributed by atoms with Gasteiger partial charge in [0.05, 0.1) is 18.8 Å². The first kappa shape index (κ1) is 11.3. The van der Waals surface area contributed by atoms with Crippen LogP contribution in [-0.4, -0.2) is 21.9 Å². The van der Waals surface area contributed by atoms with Gasteiger partial charge in [-0.25, -0.2) is 0 Å². The SMILES string of the molecule is [N-]=[N+]=NC(CO)c1cn[nH]c1C(F)(F)F. The standard InChI is InChI=1S/C6H6F3N5O/c7-6(8,9)5-3(1-11-13-5)4(2-15)12-14-10/h1,4,15H,2H2,(H,11,13). The van der Waals surface area contributed by atoms with Gasteiger partial charge in [-0.05, 0) is 5.53 Å². The van der Waals surface area contributed by atoms with Gasteiger partial charge in [0.25, 0.3) is 0 Å². The molecule has 0 spiro atoms. The molecule has 1 atom stereocenters. The molecule has 9 heteroatoms. The number of alkyl halides is 3. The van der Waals surface area contributed by atoms with Crippen LogP contribution in [0.5, 0.6) is 0 Å². The van der Waals surface area contributed by atoms with Gasteiger partial charge in [0.2, 0.25) is 0 Å². The van der Waals surface area contributed by atoms with E-state index >= 15 is 0 Å². The van der Waals surface area contributed by atoms with Gasteiger partial charge in [-0.1, -0.05) is 5.11 Å². The zero-order chi connectivity index (χ0) is 11.5. The van der Waals surface area contributed by atoms with Crippen LogP contribution >= 0.6 is 0 Å². The number of H-pyrrole nitrogens is 1. The molecule has 0 radical (unpaired) electrons. The third-order valence-corrected chi connectivity index (χ3v) is 1.68. The maximum absolute atomic E-state index is 12.3. The Kier molecular flexibility index (Phi) is 3.17. The number of rotatable bonds is 3. The van der Waals surface area contributed by atoms with Crippen molar-refractivity contribution in [2.75, 3.05) is 6.61 Å². The quantitative estimate of drug-likeness (QED) is 0.462. The maximum Gasteiger partial charge on any atom is 0.433 e. The summed E-state index contributed by atoms with van der Waals surface area (Å²) in [5, 5.41) is 16.7. The third kappa shape index (κ3) is 2.39. The fourth-order valence-corrected chi connectivity index (χ4v) is 1.03. The summed E-state index contributed by atoms with van der Waals surface area (Å²) in [6.45, 7) is -0.716. The van der Waals surface area contributed by atoms with E-state index in [1.54, 1.807) is 5.10 Å². The number of halogens is 3. The third-order valence-electron chi connectivity index (χ3n) is 1.68. The Morgan fingerprint density at radius 3 is 2.80 bits per heavy atom. The number of nitrogens with one attached hydrogen (secondary N) is 1. The predicted octanol–water partition coefficient (Wildman–Crippen LogP) is 1.77. The van der Waals surface area contributed by atoms with E-state index in [1.165, 1.54) is 0 Å². The fourth-order valence-electron chi connectivity index (χ4n) is 1.03. The van der Waals surface area contributed by atoms with Crippen molar-refractivity contribution in [3.8, 4) is 0 Å². The van der Waals surface area contributed by atoms with E-state index in [9.17, 15) is 13.2 Å². The molecule has 0 fully saturated rings. The van der Waals surface area contributed by atoms with Gasteiger partial charge >= 0.3 is 6.18 Å². The molecule has 0 aromatic carbocycles. The highest BCUT2D eigenvalue weighted by Gasteiger charge is 2.37. The molecule has 2 N–H and O–H groups in total. The minimum atomic E-state index is -4.62. The van der Waals surface area contributed by atoms with Crippen LogP contribution in [0.3, 0.4) is 0 Å². The largest absolute Gasteiger partial charge is 0.433 e. The number of nitrogens with zero attached hydrogens (tertiary/aromatic N) is 4. The van der Waals surface area contributed by atoms with Gasteiger partial charge in [0.1, 0.15) is 5.69 Å². The van der Waals surface area contributed by atoms with Crippen molar-refractivity contribution < 1.29 is 18.3 Å². The van der Waals surface area contributed by atoms with Crippen LogP contribution < -0.4 is 0 Å². The molecule has 1 heterocycles. The molecule has 15 heavy (non-hydrogen) atoms. The molecule has 0 aliphatic rings. The van der Waals surface area contributed by atoms with Crippen molar-refractivity contribution in [1.82, 2.24) is 10.2 Å². The number of aromatic amines is 1. The molecular weight excluding hydrogens is 215 g/mol. The lowest BCUT2D eigenvalue weighted by molar-refractivity contribution is -0.142. The zero-order valence-electron chi connectivity index (χ0n) is 7.23. The summed E-state index contributed by atoms with van der Waals surface area (Å²) in [6.07, 6.45) is -3.75. The van der Waals surface area contributed by atoms with Gasteiger partial charge < -0.3 is 5.11 Å². The second kappa shape index (κ2) is 4.20. The lowest BCUT2D eigenvalue weighted by Gasteiger charge is -2.10. The second-order valence-electron chi connectivity index (χ2n) is 2.60. The van der Waals surface area contributed by atoms with Crippen LogP contribution in [0.1, 0.15) is 17.3 Å². The Morgan fingerprint density at radius 1 is 1.67 bits per heavy atom. The van der Waals surface area contributed by atoms with Gasteiger partial charge in [0.15, 0.2) is 0 Å². The molecule has 1 aromatic heterocycles. The van der Waals surface area contributed by atoms with Gasteiger partial charge in [-0.2, -0.15) is 18.3 Å². The van der Waals surface area contributed by atoms with Gasteiger partial charge in [-0.15, -0.1) is 0 Å². The van der Waals surface area contributed by atoms with Crippen molar-refractivity contribution in [1.29, 1.82) is 0 Å². The van der Waals surface area contributed by atoms with Crippen molar-refractivity contribution in [2.24, 2.45) is 5.11 Å². The second-order valence-corrected chi connectivity index (χ2v) is 2.60. The van der Waals surface area contributed by atoms with Crippen molar-refractivity contribution >= 4 is 0 Å². The first-order valence-electron chi connectivity index (χ1n) is 3.76. The molecule has 0 aliphatic heterocycles. The number of aliphatic hydroxyl groups is 1. The average Bonchev–Trinajstić information content (AvgIpc) is 2.61. The highest BCUT2D eigenvalue weighted by molar-refractivity contribution is 5.23. The van der Waals surface area contributed by atoms with E-state index < -0.39 is 24.5 Å². The number of hydrogen-bond donors (Lipinski definition) is 2. The van der Waals surface area contributed by atoms with Crippen LogP contribution in [0.2, 0.25) is 0 Å². The zero-order valence-corrected chi connectivity index (χ0v) is 7.23. The summed E-state index contributed by atoms with van der Waals surface area (Å²) in [7, 11) is 0. The number of azide groups is 1. The van der Waals surface area contributed by atoms with E-state index in [0.29, 0.717) is 0 Å². The number of aliphatic hydroxyl groups excluding tert-OH is 1. The minimum absolute atomic E-state index is 0.372. The lowest BCUT2D eigenvalue weighted by Crippen LogP contribution is -2.12. The van der Waals surface area contributed by atoms with Crippen molar-refractivity contribution in [3.63, 3.8) is 0 Å². The van der Waals surface area contributed by atoms with Crippen LogP contribution in [0.4, 0.5) is 13.2 Å². The molecule has 82 valence electrons. The molecule has 1 aromatic rings. The summed E-state index contributed by atoms with van der Waals surface area (Å²) in [5.74, 6) is 0. The van der Waals surface area contributed by atoms with Crippen LogP contribution in [0, 0.1) is 0 Å². The lowest BCUT2D eigenvalue weighted by atomic mass is 10.1. The Morgan fingerprint density at radius 2 is 2.33 bits per heavy atom. The van der Waals surface area contributed by atoms with Crippen molar-refractivity contribution in [2.45, 2.75) is 12.2 Å². The highest BCUT2D eigenvalue weighted by atomic mass is 19.4. The topological polar surface area (TPSA) is 97.7 Å².